The molecular weight excluding hydrogens is 609 g/mol. The van der Waals surface area contributed by atoms with Crippen LogP contribution in [-0.2, 0) is 0 Å². The maximum Gasteiger partial charge on any atom is 0.165 e. The van der Waals surface area contributed by atoms with E-state index in [0.717, 1.165) is 44.8 Å². The Morgan fingerprint density at radius 1 is 0.360 bits per heavy atom. The topological polar surface area (TPSA) is 35.6 Å². The summed E-state index contributed by atoms with van der Waals surface area (Å²) >= 11 is 0. The van der Waals surface area contributed by atoms with Crippen LogP contribution in [0.5, 0.6) is 0 Å². The molecule has 4 nitrogen and oxygen atoms in total. The van der Waals surface area contributed by atoms with Gasteiger partial charge in [-0.3, -0.25) is 4.57 Å². The lowest BCUT2D eigenvalue weighted by Crippen LogP contribution is -2.04. The number of para-hydroxylation sites is 4. The fourth-order valence-corrected chi connectivity index (χ4v) is 8.02. The van der Waals surface area contributed by atoms with Gasteiger partial charge in [-0.15, -0.1) is 0 Å². The molecule has 0 saturated carbocycles. The van der Waals surface area contributed by atoms with Crippen molar-refractivity contribution in [3.63, 3.8) is 0 Å². The molecule has 0 N–H and O–H groups in total. The number of aromatic nitrogens is 4. The van der Waals surface area contributed by atoms with Gasteiger partial charge in [0.1, 0.15) is 5.69 Å². The average Bonchev–Trinajstić information content (AvgIpc) is 3.70. The maximum atomic E-state index is 5.40. The molecule has 8 aromatic carbocycles. The van der Waals surface area contributed by atoms with E-state index >= 15 is 0 Å². The van der Waals surface area contributed by atoms with Gasteiger partial charge in [0.2, 0.25) is 0 Å². The number of hydrogen-bond donors (Lipinski definition) is 0. The lowest BCUT2D eigenvalue weighted by Gasteiger charge is -2.14. The van der Waals surface area contributed by atoms with E-state index in [0.29, 0.717) is 0 Å². The van der Waals surface area contributed by atoms with E-state index in [1.54, 1.807) is 0 Å². The first kappa shape index (κ1) is 27.2. The summed E-state index contributed by atoms with van der Waals surface area (Å²) in [4.78, 5) is 10.7. The summed E-state index contributed by atoms with van der Waals surface area (Å²) in [5.74, 6) is 0.818. The van der Waals surface area contributed by atoms with E-state index in [-0.39, 0.29) is 0 Å². The first-order chi connectivity index (χ1) is 24.8. The van der Waals surface area contributed by atoms with Crippen LogP contribution < -0.4 is 0 Å². The van der Waals surface area contributed by atoms with Gasteiger partial charge < -0.3 is 4.57 Å². The van der Waals surface area contributed by atoms with Crippen LogP contribution in [0.1, 0.15) is 0 Å². The highest BCUT2D eigenvalue weighted by atomic mass is 15.1. The predicted molar refractivity (Wildman–Crippen MR) is 209 cm³/mol. The van der Waals surface area contributed by atoms with Crippen LogP contribution >= 0.6 is 0 Å². The monoisotopic (exact) mass is 636 g/mol. The Bertz CT molecular complexity index is 3110. The summed E-state index contributed by atoms with van der Waals surface area (Å²) in [5, 5.41) is 9.69. The first-order valence-electron chi connectivity index (χ1n) is 17.0. The van der Waals surface area contributed by atoms with Gasteiger partial charge >= 0.3 is 0 Å². The minimum absolute atomic E-state index is 0.818. The fraction of sp³-hybridized carbons (Fsp3) is 0. The molecule has 0 saturated heterocycles. The minimum Gasteiger partial charge on any atom is -0.309 e. The molecule has 3 heterocycles. The summed E-state index contributed by atoms with van der Waals surface area (Å²) in [6, 6.07) is 60.7. The Morgan fingerprint density at radius 2 is 0.940 bits per heavy atom. The van der Waals surface area contributed by atoms with Crippen molar-refractivity contribution in [3.05, 3.63) is 170 Å². The lowest BCUT2D eigenvalue weighted by atomic mass is 10.0. The second kappa shape index (κ2) is 10.4. The molecule has 4 heteroatoms. The smallest absolute Gasteiger partial charge is 0.165 e. The average molecular weight is 637 g/mol. The Hall–Kier alpha value is -6.78. The second-order valence-corrected chi connectivity index (χ2v) is 13.0. The van der Waals surface area contributed by atoms with Crippen molar-refractivity contribution in [2.75, 3.05) is 0 Å². The largest absolute Gasteiger partial charge is 0.309 e. The fourth-order valence-electron chi connectivity index (χ4n) is 8.02. The molecule has 0 amide bonds. The number of nitrogens with zero attached hydrogens (tertiary/aromatic N) is 4. The van der Waals surface area contributed by atoms with E-state index in [1.807, 2.05) is 18.2 Å². The standard InChI is InChI=1S/C46H28N4/c1-2-13-31-27-32(22-21-29(31)11-1)45-46(48-39-18-8-7-17-38(39)47-45)50-42-26-24-33(28-37(42)44-34-14-4-3-12-30(34)23-25-43(44)50)49-40-19-9-5-15-35(40)36-16-6-10-20-41(36)49/h1-28H. The van der Waals surface area contributed by atoms with E-state index in [4.69, 9.17) is 9.97 Å². The Balaban J connectivity index is 1.27. The van der Waals surface area contributed by atoms with Gasteiger partial charge in [0.15, 0.2) is 5.82 Å². The van der Waals surface area contributed by atoms with Crippen molar-refractivity contribution < 1.29 is 0 Å². The van der Waals surface area contributed by atoms with Gasteiger partial charge in [0.05, 0.1) is 33.1 Å². The van der Waals surface area contributed by atoms with E-state index < -0.39 is 0 Å². The van der Waals surface area contributed by atoms with Gasteiger partial charge in [-0.2, -0.15) is 0 Å². The molecule has 0 unspecified atom stereocenters. The van der Waals surface area contributed by atoms with E-state index in [1.165, 1.54) is 54.1 Å². The molecule has 50 heavy (non-hydrogen) atoms. The number of benzene rings is 8. The Morgan fingerprint density at radius 3 is 1.72 bits per heavy atom. The van der Waals surface area contributed by atoms with Crippen LogP contribution in [-0.4, -0.2) is 19.1 Å². The van der Waals surface area contributed by atoms with Crippen molar-refractivity contribution in [2.45, 2.75) is 0 Å². The molecule has 0 aliphatic heterocycles. The van der Waals surface area contributed by atoms with Crippen molar-refractivity contribution >= 4 is 76.2 Å². The molecule has 0 aliphatic carbocycles. The van der Waals surface area contributed by atoms with Crippen LogP contribution in [0.2, 0.25) is 0 Å². The Labute approximate surface area is 287 Å². The van der Waals surface area contributed by atoms with Gasteiger partial charge in [-0.1, -0.05) is 115 Å². The maximum absolute atomic E-state index is 5.40. The summed E-state index contributed by atoms with van der Waals surface area (Å²) in [5.41, 5.74) is 9.34. The predicted octanol–water partition coefficient (Wildman–Crippen LogP) is 11.8. The normalized spacial score (nSPS) is 12.0. The van der Waals surface area contributed by atoms with Gasteiger partial charge in [0, 0.05) is 32.8 Å². The van der Waals surface area contributed by atoms with Crippen molar-refractivity contribution in [1.82, 2.24) is 19.1 Å². The van der Waals surface area contributed by atoms with Crippen LogP contribution in [0, 0.1) is 0 Å². The zero-order valence-corrected chi connectivity index (χ0v) is 27.0. The first-order valence-corrected chi connectivity index (χ1v) is 17.0. The van der Waals surface area contributed by atoms with Crippen molar-refractivity contribution in [1.29, 1.82) is 0 Å². The highest BCUT2D eigenvalue weighted by Crippen LogP contribution is 2.41. The molecule has 0 fully saturated rings. The van der Waals surface area contributed by atoms with E-state index in [9.17, 15) is 0 Å². The van der Waals surface area contributed by atoms with Gasteiger partial charge in [-0.25, -0.2) is 9.97 Å². The number of rotatable bonds is 3. The van der Waals surface area contributed by atoms with Crippen LogP contribution in [0.15, 0.2) is 170 Å². The van der Waals surface area contributed by atoms with Crippen molar-refractivity contribution in [2.24, 2.45) is 0 Å². The van der Waals surface area contributed by atoms with Gasteiger partial charge in [-0.05, 0) is 76.1 Å². The van der Waals surface area contributed by atoms with Gasteiger partial charge in [0.25, 0.3) is 0 Å². The number of hydrogen-bond acceptors (Lipinski definition) is 2. The second-order valence-electron chi connectivity index (χ2n) is 13.0. The minimum atomic E-state index is 0.818. The van der Waals surface area contributed by atoms with Crippen LogP contribution in [0.4, 0.5) is 0 Å². The zero-order chi connectivity index (χ0) is 32.8. The molecule has 0 radical (unpaired) electrons. The molecule has 11 rings (SSSR count). The quantitative estimate of drug-likeness (QED) is 0.193. The molecule has 0 spiro atoms. The molecule has 3 aromatic heterocycles. The summed E-state index contributed by atoms with van der Waals surface area (Å²) in [7, 11) is 0. The Kier molecular flexibility index (Phi) is 5.63. The lowest BCUT2D eigenvalue weighted by molar-refractivity contribution is 1.08. The van der Waals surface area contributed by atoms with Crippen LogP contribution in [0.3, 0.4) is 0 Å². The SMILES string of the molecule is c1ccc2cc(-c3nc4ccccc4nc3-n3c4ccc(-n5c6ccccc6c6ccccc65)cc4c4c5ccccc5ccc43)ccc2c1. The third-order valence-corrected chi connectivity index (χ3v) is 10.3. The molecule has 11 aromatic rings. The summed E-state index contributed by atoms with van der Waals surface area (Å²) in [6.07, 6.45) is 0. The van der Waals surface area contributed by atoms with Crippen LogP contribution in [0.25, 0.3) is 99.0 Å². The highest BCUT2D eigenvalue weighted by Gasteiger charge is 2.22. The number of fused-ring (bicyclic) bond motifs is 10. The summed E-state index contributed by atoms with van der Waals surface area (Å²) < 4.78 is 4.73. The zero-order valence-electron chi connectivity index (χ0n) is 27.0. The molecule has 0 atom stereocenters. The van der Waals surface area contributed by atoms with Crippen molar-refractivity contribution in [3.8, 4) is 22.8 Å². The molecular formula is C46H28N4. The van der Waals surface area contributed by atoms with E-state index in [2.05, 4.69) is 161 Å². The molecule has 232 valence electrons. The third-order valence-electron chi connectivity index (χ3n) is 10.3. The highest BCUT2D eigenvalue weighted by molar-refractivity contribution is 6.22. The molecule has 0 aliphatic rings. The summed E-state index contributed by atoms with van der Waals surface area (Å²) in [6.45, 7) is 0. The third kappa shape index (κ3) is 3.87. The molecule has 0 bridgehead atoms.